The smallest absolute Gasteiger partial charge is 0.348 e. The van der Waals surface area contributed by atoms with Crippen molar-refractivity contribution in [1.29, 1.82) is 0 Å². The second-order valence-corrected chi connectivity index (χ2v) is 8.62. The van der Waals surface area contributed by atoms with Crippen molar-refractivity contribution in [1.82, 2.24) is 4.98 Å². The molecule has 1 aliphatic carbocycles. The van der Waals surface area contributed by atoms with Crippen molar-refractivity contribution in [3.63, 3.8) is 0 Å². The minimum atomic E-state index is -0.451. The molecule has 0 spiro atoms. The van der Waals surface area contributed by atoms with Crippen LogP contribution >= 0.6 is 22.7 Å². The summed E-state index contributed by atoms with van der Waals surface area (Å²) in [6.45, 7) is -0.342. The summed E-state index contributed by atoms with van der Waals surface area (Å²) in [6.07, 6.45) is 4.35. The number of nitrogens with one attached hydrogen (secondary N) is 1. The molecule has 0 aliphatic heterocycles. The third kappa shape index (κ3) is 4.49. The van der Waals surface area contributed by atoms with Gasteiger partial charge in [-0.1, -0.05) is 12.1 Å². The maximum Gasteiger partial charge on any atom is 0.348 e. The maximum absolute atomic E-state index is 12.3. The molecule has 2 heterocycles. The van der Waals surface area contributed by atoms with Crippen LogP contribution in [0, 0.1) is 0 Å². The first-order valence-electron chi connectivity index (χ1n) is 9.31. The molecule has 29 heavy (non-hydrogen) atoms. The van der Waals surface area contributed by atoms with E-state index in [-0.39, 0.29) is 6.61 Å². The summed E-state index contributed by atoms with van der Waals surface area (Å²) < 4.78 is 10.5. The molecule has 3 aromatic rings. The predicted octanol–water partition coefficient (Wildman–Crippen LogP) is 4.55. The Bertz CT molecular complexity index is 1020. The molecular weight excluding hydrogens is 408 g/mol. The van der Waals surface area contributed by atoms with Gasteiger partial charge in [-0.15, -0.1) is 22.7 Å². The van der Waals surface area contributed by atoms with Crippen molar-refractivity contribution in [3.8, 4) is 17.0 Å². The fraction of sp³-hybridized carbons (Fsp3) is 0.286. The van der Waals surface area contributed by atoms with Crippen molar-refractivity contribution in [3.05, 3.63) is 51.0 Å². The lowest BCUT2D eigenvalue weighted by Crippen LogP contribution is -2.20. The predicted molar refractivity (Wildman–Crippen MR) is 114 cm³/mol. The monoisotopic (exact) mass is 428 g/mol. The van der Waals surface area contributed by atoms with Crippen LogP contribution in [0.1, 0.15) is 33.0 Å². The SMILES string of the molecule is COc1ccccc1-c1csc(NC(=O)COC(=O)c2cc3c(s2)CCCC3)n1. The standard InChI is InChI=1S/C21H20N2O4S2/c1-26-16-8-4-3-7-14(16)15-12-28-21(22-15)23-19(24)11-27-20(25)18-10-13-6-2-5-9-17(13)29-18/h3-4,7-8,10,12H,2,5-6,9,11H2,1H3,(H,22,23,24). The largest absolute Gasteiger partial charge is 0.496 e. The van der Waals surface area contributed by atoms with Crippen LogP contribution in [0.2, 0.25) is 0 Å². The van der Waals surface area contributed by atoms with Crippen LogP contribution in [0.4, 0.5) is 5.13 Å². The zero-order valence-corrected chi connectivity index (χ0v) is 17.5. The van der Waals surface area contributed by atoms with Crippen molar-refractivity contribution in [2.45, 2.75) is 25.7 Å². The summed E-state index contributed by atoms with van der Waals surface area (Å²) in [5.41, 5.74) is 2.80. The normalized spacial score (nSPS) is 12.9. The van der Waals surface area contributed by atoms with Crippen LogP contribution in [-0.4, -0.2) is 30.6 Å². The van der Waals surface area contributed by atoms with Crippen LogP contribution in [-0.2, 0) is 22.4 Å². The van der Waals surface area contributed by atoms with Crippen molar-refractivity contribution in [2.24, 2.45) is 0 Å². The molecule has 1 aromatic carbocycles. The van der Waals surface area contributed by atoms with Crippen molar-refractivity contribution in [2.75, 3.05) is 19.0 Å². The fourth-order valence-corrected chi connectivity index (χ4v) is 5.13. The Morgan fingerprint density at radius 2 is 2.03 bits per heavy atom. The Hall–Kier alpha value is -2.71. The van der Waals surface area contributed by atoms with Gasteiger partial charge in [-0.2, -0.15) is 0 Å². The molecule has 0 fully saturated rings. The number of carbonyl (C=O) groups excluding carboxylic acids is 2. The highest BCUT2D eigenvalue weighted by molar-refractivity contribution is 7.14. The molecule has 0 atom stereocenters. The minimum absolute atomic E-state index is 0.342. The first-order chi connectivity index (χ1) is 14.1. The zero-order valence-electron chi connectivity index (χ0n) is 15.9. The number of hydrogen-bond donors (Lipinski definition) is 1. The van der Waals surface area contributed by atoms with Gasteiger partial charge < -0.3 is 9.47 Å². The average Bonchev–Trinajstić information content (AvgIpc) is 3.39. The highest BCUT2D eigenvalue weighted by Gasteiger charge is 2.19. The van der Waals surface area contributed by atoms with Gasteiger partial charge in [0, 0.05) is 15.8 Å². The lowest BCUT2D eigenvalue weighted by Gasteiger charge is -2.08. The van der Waals surface area contributed by atoms with Crippen molar-refractivity contribution >= 4 is 39.7 Å². The van der Waals surface area contributed by atoms with Crippen molar-refractivity contribution < 1.29 is 19.1 Å². The third-order valence-electron chi connectivity index (χ3n) is 4.67. The number of carbonyl (C=O) groups is 2. The Morgan fingerprint density at radius 1 is 1.21 bits per heavy atom. The number of benzene rings is 1. The molecule has 0 bridgehead atoms. The highest BCUT2D eigenvalue weighted by atomic mass is 32.1. The minimum Gasteiger partial charge on any atom is -0.496 e. The molecule has 1 amide bonds. The number of para-hydroxylation sites is 1. The van der Waals surface area contributed by atoms with E-state index in [2.05, 4.69) is 10.3 Å². The molecule has 0 saturated heterocycles. The second-order valence-electron chi connectivity index (χ2n) is 6.63. The molecule has 0 saturated carbocycles. The Labute approximate surface area is 176 Å². The first-order valence-corrected chi connectivity index (χ1v) is 11.0. The van der Waals surface area contributed by atoms with E-state index >= 15 is 0 Å². The van der Waals surface area contributed by atoms with E-state index in [4.69, 9.17) is 9.47 Å². The summed E-state index contributed by atoms with van der Waals surface area (Å²) in [4.78, 5) is 30.7. The molecule has 8 heteroatoms. The topological polar surface area (TPSA) is 77.5 Å². The Kier molecular flexibility index (Phi) is 5.92. The number of aryl methyl sites for hydroxylation is 2. The fourth-order valence-electron chi connectivity index (χ4n) is 3.26. The van der Waals surface area contributed by atoms with Crippen LogP contribution < -0.4 is 10.1 Å². The van der Waals surface area contributed by atoms with Crippen LogP contribution in [0.5, 0.6) is 5.75 Å². The number of amides is 1. The van der Waals surface area contributed by atoms with E-state index < -0.39 is 11.9 Å². The van der Waals surface area contributed by atoms with Gasteiger partial charge in [0.15, 0.2) is 11.7 Å². The Morgan fingerprint density at radius 3 is 2.86 bits per heavy atom. The number of thiophene rings is 1. The number of ether oxygens (including phenoxy) is 2. The molecule has 0 radical (unpaired) electrons. The van der Waals surface area contributed by atoms with Gasteiger partial charge in [-0.25, -0.2) is 9.78 Å². The molecule has 4 rings (SSSR count). The molecular formula is C21H20N2O4S2. The highest BCUT2D eigenvalue weighted by Crippen LogP contribution is 2.32. The molecule has 0 unspecified atom stereocenters. The quantitative estimate of drug-likeness (QED) is 0.583. The lowest BCUT2D eigenvalue weighted by molar-refractivity contribution is -0.119. The Balaban J connectivity index is 1.34. The van der Waals surface area contributed by atoms with Gasteiger partial charge in [-0.3, -0.25) is 10.1 Å². The van der Waals surface area contributed by atoms with Gasteiger partial charge in [0.1, 0.15) is 10.6 Å². The van der Waals surface area contributed by atoms with Crippen LogP contribution in [0.25, 0.3) is 11.3 Å². The summed E-state index contributed by atoms with van der Waals surface area (Å²) in [5, 5.41) is 4.97. The molecule has 6 nitrogen and oxygen atoms in total. The number of methoxy groups -OCH3 is 1. The second kappa shape index (κ2) is 8.75. The zero-order chi connectivity index (χ0) is 20.2. The summed E-state index contributed by atoms with van der Waals surface area (Å²) in [7, 11) is 1.60. The number of anilines is 1. The maximum atomic E-state index is 12.3. The number of fused-ring (bicyclic) bond motifs is 1. The van der Waals surface area contributed by atoms with Gasteiger partial charge in [0.25, 0.3) is 5.91 Å². The van der Waals surface area contributed by atoms with Gasteiger partial charge in [0.2, 0.25) is 0 Å². The molecule has 150 valence electrons. The van der Waals surface area contributed by atoms with E-state index in [9.17, 15) is 9.59 Å². The lowest BCUT2D eigenvalue weighted by atomic mass is 9.99. The van der Waals surface area contributed by atoms with Gasteiger partial charge in [0.05, 0.1) is 12.8 Å². The van der Waals surface area contributed by atoms with Crippen LogP contribution in [0.3, 0.4) is 0 Å². The number of rotatable bonds is 6. The van der Waals surface area contributed by atoms with Gasteiger partial charge in [-0.05, 0) is 49.4 Å². The average molecular weight is 429 g/mol. The molecule has 2 aromatic heterocycles. The summed E-state index contributed by atoms with van der Waals surface area (Å²) in [6, 6.07) is 9.45. The number of thiazole rings is 1. The van der Waals surface area contributed by atoms with E-state index in [0.29, 0.717) is 21.5 Å². The van der Waals surface area contributed by atoms with E-state index in [1.54, 1.807) is 7.11 Å². The van der Waals surface area contributed by atoms with Crippen LogP contribution in [0.15, 0.2) is 35.7 Å². The summed E-state index contributed by atoms with van der Waals surface area (Å²) >= 11 is 2.78. The first kappa shape index (κ1) is 19.6. The summed E-state index contributed by atoms with van der Waals surface area (Å²) in [5.74, 6) is -0.155. The number of esters is 1. The number of hydrogen-bond acceptors (Lipinski definition) is 7. The molecule has 1 N–H and O–H groups in total. The van der Waals surface area contributed by atoms with Gasteiger partial charge >= 0.3 is 5.97 Å². The third-order valence-corrected chi connectivity index (χ3v) is 6.64. The molecule has 1 aliphatic rings. The number of nitrogens with zero attached hydrogens (tertiary/aromatic N) is 1. The van der Waals surface area contributed by atoms with E-state index in [1.807, 2.05) is 35.7 Å². The van der Waals surface area contributed by atoms with E-state index in [0.717, 1.165) is 31.2 Å². The van der Waals surface area contributed by atoms with E-state index in [1.165, 1.54) is 33.1 Å². The number of aromatic nitrogens is 1.